The molecule has 0 atom stereocenters. The van der Waals surface area contributed by atoms with Crippen molar-refractivity contribution in [1.29, 1.82) is 0 Å². The van der Waals surface area contributed by atoms with E-state index >= 15 is 0 Å². The number of amides is 1. The Labute approximate surface area is 190 Å². The highest BCUT2D eigenvalue weighted by Gasteiger charge is 2.24. The second-order valence-corrected chi connectivity index (χ2v) is 7.80. The van der Waals surface area contributed by atoms with Crippen molar-refractivity contribution >= 4 is 23.5 Å². The van der Waals surface area contributed by atoms with Crippen molar-refractivity contribution < 1.29 is 13.9 Å². The van der Waals surface area contributed by atoms with Gasteiger partial charge in [0.2, 0.25) is 0 Å². The number of carbonyl (C=O) groups excluding carboxylic acids is 1. The second kappa shape index (κ2) is 9.64. The minimum Gasteiger partial charge on any atom is -0.493 e. The Hall–Kier alpha value is -4.01. The van der Waals surface area contributed by atoms with Crippen LogP contribution in [0.2, 0.25) is 0 Å². The van der Waals surface area contributed by atoms with Crippen LogP contribution in [0.4, 0.5) is 11.5 Å². The zero-order chi connectivity index (χ0) is 23.4. The first-order chi connectivity index (χ1) is 16.0. The van der Waals surface area contributed by atoms with Crippen molar-refractivity contribution in [2.24, 2.45) is 0 Å². The van der Waals surface area contributed by atoms with E-state index in [1.807, 2.05) is 25.1 Å². The summed E-state index contributed by atoms with van der Waals surface area (Å²) in [5.74, 6) is 0.796. The largest absolute Gasteiger partial charge is 0.493 e. The zero-order valence-corrected chi connectivity index (χ0v) is 18.4. The molecule has 0 aliphatic carbocycles. The van der Waals surface area contributed by atoms with Crippen LogP contribution in [-0.4, -0.2) is 22.1 Å². The van der Waals surface area contributed by atoms with Crippen LogP contribution in [0.3, 0.4) is 0 Å². The molecule has 1 amide bonds. The molecule has 0 bridgehead atoms. The average molecular weight is 450 g/mol. The molecule has 9 nitrogen and oxygen atoms in total. The Morgan fingerprint density at radius 1 is 1.30 bits per heavy atom. The molecule has 0 unspecified atom stereocenters. The predicted molar refractivity (Wildman–Crippen MR) is 125 cm³/mol. The Bertz CT molecular complexity index is 1290. The maximum atomic E-state index is 13.3. The van der Waals surface area contributed by atoms with E-state index in [1.165, 1.54) is 21.8 Å². The molecule has 2 aromatic heterocycles. The molecule has 4 rings (SSSR count). The number of hydrogen-bond donors (Lipinski definition) is 2. The van der Waals surface area contributed by atoms with Gasteiger partial charge in [0, 0.05) is 19.0 Å². The number of unbranched alkanes of at least 4 members (excludes halogenated alkanes) is 1. The Morgan fingerprint density at radius 2 is 2.15 bits per heavy atom. The van der Waals surface area contributed by atoms with Crippen LogP contribution < -0.4 is 26.6 Å². The van der Waals surface area contributed by atoms with Gasteiger partial charge < -0.3 is 14.9 Å². The number of furan rings is 1. The van der Waals surface area contributed by atoms with Gasteiger partial charge in [-0.05, 0) is 47.9 Å². The highest BCUT2D eigenvalue weighted by atomic mass is 16.5. The minimum atomic E-state index is -0.728. The van der Waals surface area contributed by atoms with Gasteiger partial charge in [0.05, 0.1) is 19.4 Å². The molecule has 1 aliphatic heterocycles. The highest BCUT2D eigenvalue weighted by molar-refractivity contribution is 6.05. The van der Waals surface area contributed by atoms with E-state index in [1.54, 1.807) is 18.2 Å². The fraction of sp³-hybridized carbons (Fsp3) is 0.292. The van der Waals surface area contributed by atoms with Gasteiger partial charge in [0.1, 0.15) is 17.3 Å². The van der Waals surface area contributed by atoms with Crippen LogP contribution in [0.25, 0.3) is 6.08 Å². The third kappa shape index (κ3) is 4.77. The molecule has 33 heavy (non-hydrogen) atoms. The summed E-state index contributed by atoms with van der Waals surface area (Å²) in [6.45, 7) is 2.94. The molecule has 0 saturated carbocycles. The first-order valence-electron chi connectivity index (χ1n) is 10.9. The van der Waals surface area contributed by atoms with Crippen molar-refractivity contribution in [1.82, 2.24) is 9.55 Å². The summed E-state index contributed by atoms with van der Waals surface area (Å²) < 4.78 is 12.2. The van der Waals surface area contributed by atoms with Gasteiger partial charge in [-0.1, -0.05) is 19.4 Å². The molecular weight excluding hydrogens is 424 g/mol. The third-order valence-corrected chi connectivity index (χ3v) is 5.51. The van der Waals surface area contributed by atoms with Gasteiger partial charge in [-0.25, -0.2) is 4.79 Å². The Kier molecular flexibility index (Phi) is 6.48. The first-order valence-corrected chi connectivity index (χ1v) is 10.9. The SMILES string of the molecule is CCCCn1c(N)c(N(Cc2ccco2)C(=O)/C=C/c2ccc3c(c2)CCO3)c(=O)[nH]c1=O. The summed E-state index contributed by atoms with van der Waals surface area (Å²) in [6.07, 6.45) is 6.89. The average Bonchev–Trinajstić information content (AvgIpc) is 3.48. The van der Waals surface area contributed by atoms with Crippen LogP contribution in [0, 0.1) is 0 Å². The third-order valence-electron chi connectivity index (χ3n) is 5.51. The maximum absolute atomic E-state index is 13.3. The molecule has 172 valence electrons. The van der Waals surface area contributed by atoms with Gasteiger partial charge in [0.15, 0.2) is 5.69 Å². The first kappa shape index (κ1) is 22.2. The van der Waals surface area contributed by atoms with Crippen LogP contribution in [0.5, 0.6) is 5.75 Å². The number of ether oxygens (including phenoxy) is 1. The number of aromatic nitrogens is 2. The predicted octanol–water partition coefficient (Wildman–Crippen LogP) is 2.69. The van der Waals surface area contributed by atoms with E-state index in [4.69, 9.17) is 14.9 Å². The molecule has 1 aromatic carbocycles. The fourth-order valence-electron chi connectivity index (χ4n) is 3.77. The van der Waals surface area contributed by atoms with Gasteiger partial charge in [0.25, 0.3) is 11.5 Å². The molecule has 0 spiro atoms. The molecule has 3 N–H and O–H groups in total. The van der Waals surface area contributed by atoms with E-state index in [-0.39, 0.29) is 18.1 Å². The summed E-state index contributed by atoms with van der Waals surface area (Å²) in [5.41, 5.74) is 6.75. The lowest BCUT2D eigenvalue weighted by Gasteiger charge is -2.22. The number of H-pyrrole nitrogens is 1. The molecule has 9 heteroatoms. The number of nitrogens with two attached hydrogens (primary N) is 1. The summed E-state index contributed by atoms with van der Waals surface area (Å²) >= 11 is 0. The molecule has 0 saturated heterocycles. The zero-order valence-electron chi connectivity index (χ0n) is 18.4. The normalized spacial score (nSPS) is 12.6. The van der Waals surface area contributed by atoms with E-state index in [0.717, 1.165) is 29.7 Å². The van der Waals surface area contributed by atoms with Crippen molar-refractivity contribution in [3.05, 3.63) is 80.4 Å². The topological polar surface area (TPSA) is 124 Å². The lowest BCUT2D eigenvalue weighted by Crippen LogP contribution is -2.40. The Balaban J connectivity index is 1.70. The van der Waals surface area contributed by atoms with E-state index in [9.17, 15) is 14.4 Å². The maximum Gasteiger partial charge on any atom is 0.330 e. The number of carbonyl (C=O) groups is 1. The van der Waals surface area contributed by atoms with Gasteiger partial charge in [-0.2, -0.15) is 0 Å². The quantitative estimate of drug-likeness (QED) is 0.509. The van der Waals surface area contributed by atoms with Crippen LogP contribution in [-0.2, 0) is 24.3 Å². The smallest absolute Gasteiger partial charge is 0.330 e. The van der Waals surface area contributed by atoms with E-state index in [2.05, 4.69) is 4.98 Å². The fourth-order valence-corrected chi connectivity index (χ4v) is 3.77. The summed E-state index contributed by atoms with van der Waals surface area (Å²) in [7, 11) is 0. The Morgan fingerprint density at radius 3 is 2.91 bits per heavy atom. The second-order valence-electron chi connectivity index (χ2n) is 7.80. The summed E-state index contributed by atoms with van der Waals surface area (Å²) in [4.78, 5) is 41.8. The van der Waals surface area contributed by atoms with E-state index in [0.29, 0.717) is 25.3 Å². The standard InChI is InChI=1S/C24H26N4O5/c1-2-3-11-27-22(25)21(23(30)26-24(27)31)28(15-18-5-4-12-32-18)20(29)9-7-16-6-8-19-17(14-16)10-13-33-19/h4-9,12,14H,2-3,10-11,13,15,25H2,1H3,(H,26,30,31)/b9-7+. The molecule has 3 aromatic rings. The highest BCUT2D eigenvalue weighted by Crippen LogP contribution is 2.26. The number of hydrogen-bond acceptors (Lipinski definition) is 6. The number of benzene rings is 1. The molecule has 0 radical (unpaired) electrons. The van der Waals surface area contributed by atoms with Crippen molar-refractivity contribution in [3.8, 4) is 5.75 Å². The number of aromatic amines is 1. The molecular formula is C24H26N4O5. The lowest BCUT2D eigenvalue weighted by atomic mass is 10.1. The summed E-state index contributed by atoms with van der Waals surface area (Å²) in [5, 5.41) is 0. The van der Waals surface area contributed by atoms with Crippen molar-refractivity contribution in [3.63, 3.8) is 0 Å². The number of rotatable bonds is 8. The summed E-state index contributed by atoms with van der Waals surface area (Å²) in [6, 6.07) is 9.09. The van der Waals surface area contributed by atoms with E-state index < -0.39 is 17.2 Å². The number of nitrogens with one attached hydrogen (secondary N) is 1. The number of anilines is 2. The molecule has 1 aliphatic rings. The monoisotopic (exact) mass is 450 g/mol. The van der Waals surface area contributed by atoms with Crippen LogP contribution in [0.15, 0.2) is 56.7 Å². The minimum absolute atomic E-state index is 0.0204. The number of fused-ring (bicyclic) bond motifs is 1. The van der Waals surface area contributed by atoms with Gasteiger partial charge >= 0.3 is 5.69 Å². The van der Waals surface area contributed by atoms with Gasteiger partial charge in [-0.3, -0.25) is 24.0 Å². The lowest BCUT2D eigenvalue weighted by molar-refractivity contribution is -0.114. The van der Waals surface area contributed by atoms with Crippen molar-refractivity contribution in [2.75, 3.05) is 17.2 Å². The molecule has 0 fully saturated rings. The van der Waals surface area contributed by atoms with Crippen LogP contribution >= 0.6 is 0 Å². The van der Waals surface area contributed by atoms with Crippen molar-refractivity contribution in [2.45, 2.75) is 39.3 Å². The van der Waals surface area contributed by atoms with Gasteiger partial charge in [-0.15, -0.1) is 0 Å². The number of nitrogen functional groups attached to an aromatic ring is 1. The molecule has 3 heterocycles. The van der Waals surface area contributed by atoms with Crippen LogP contribution in [0.1, 0.15) is 36.7 Å². The number of nitrogens with zero attached hydrogens (tertiary/aromatic N) is 2.